The van der Waals surface area contributed by atoms with Crippen LogP contribution in [0.15, 0.2) is 46.2 Å². The van der Waals surface area contributed by atoms with Gasteiger partial charge in [-0.1, -0.05) is 41.3 Å². The van der Waals surface area contributed by atoms with Gasteiger partial charge in [0, 0.05) is 9.79 Å². The Hall–Kier alpha value is -1.34. The van der Waals surface area contributed by atoms with Crippen molar-refractivity contribution in [3.8, 4) is 0 Å². The topological polar surface area (TPSA) is 0 Å². The lowest BCUT2D eigenvalue weighted by atomic mass is 10.0. The normalized spacial score (nSPS) is 14.2. The van der Waals surface area contributed by atoms with E-state index in [2.05, 4.69) is 56.1 Å². The zero-order valence-electron chi connectivity index (χ0n) is 10.3. The van der Waals surface area contributed by atoms with Gasteiger partial charge < -0.3 is 0 Å². The van der Waals surface area contributed by atoms with Crippen LogP contribution in [-0.4, -0.2) is 5.87 Å². The zero-order chi connectivity index (χ0) is 12.0. The fourth-order valence-electron chi connectivity index (χ4n) is 2.40. The molecule has 0 spiro atoms. The van der Waals surface area contributed by atoms with E-state index >= 15 is 0 Å². The standard InChI is InChI=1S/C16H16S/c1-11-4-6-13-10-14-7-5-12(2)9-16(14)17(3)15(13)8-11/h4-9H,3,10H2,1-2H3. The van der Waals surface area contributed by atoms with Gasteiger partial charge in [0.15, 0.2) is 0 Å². The van der Waals surface area contributed by atoms with Crippen molar-refractivity contribution in [3.05, 3.63) is 58.7 Å². The Balaban J connectivity index is 2.21. The van der Waals surface area contributed by atoms with Crippen molar-refractivity contribution < 1.29 is 0 Å². The molecule has 0 bridgehead atoms. The average Bonchev–Trinajstić information content (AvgIpc) is 2.32. The highest BCUT2D eigenvalue weighted by atomic mass is 32.2. The van der Waals surface area contributed by atoms with Crippen LogP contribution < -0.4 is 0 Å². The Morgan fingerprint density at radius 3 is 1.82 bits per heavy atom. The smallest absolute Gasteiger partial charge is 0.00945 e. The highest BCUT2D eigenvalue weighted by Gasteiger charge is 2.17. The number of hydrogen-bond donors (Lipinski definition) is 0. The second-order valence-corrected chi connectivity index (χ2v) is 6.45. The molecular formula is C16H16S. The summed E-state index contributed by atoms with van der Waals surface area (Å²) in [5.41, 5.74) is 5.57. The van der Waals surface area contributed by atoms with Crippen molar-refractivity contribution in [3.63, 3.8) is 0 Å². The van der Waals surface area contributed by atoms with Gasteiger partial charge in [0.1, 0.15) is 0 Å². The number of benzene rings is 2. The van der Waals surface area contributed by atoms with Crippen molar-refractivity contribution >= 4 is 16.4 Å². The van der Waals surface area contributed by atoms with E-state index < -0.39 is 0 Å². The van der Waals surface area contributed by atoms with Crippen molar-refractivity contribution in [1.29, 1.82) is 0 Å². The fraction of sp³-hybridized carbons (Fsp3) is 0.188. The van der Waals surface area contributed by atoms with Crippen LogP contribution in [0.4, 0.5) is 0 Å². The Morgan fingerprint density at radius 1 is 0.882 bits per heavy atom. The second kappa shape index (κ2) is 3.85. The maximum absolute atomic E-state index is 4.39. The lowest BCUT2D eigenvalue weighted by Crippen LogP contribution is -2.02. The fourth-order valence-corrected chi connectivity index (χ4v) is 4.20. The molecule has 0 aromatic heterocycles. The molecule has 17 heavy (non-hydrogen) atoms. The first kappa shape index (κ1) is 10.8. The summed E-state index contributed by atoms with van der Waals surface area (Å²) in [4.78, 5) is 2.87. The summed E-state index contributed by atoms with van der Waals surface area (Å²) in [6, 6.07) is 13.5. The number of rotatable bonds is 0. The summed E-state index contributed by atoms with van der Waals surface area (Å²) >= 11 is 0. The predicted molar refractivity (Wildman–Crippen MR) is 76.4 cm³/mol. The van der Waals surface area contributed by atoms with Crippen molar-refractivity contribution in [2.24, 2.45) is 0 Å². The molecule has 3 rings (SSSR count). The molecule has 0 amide bonds. The predicted octanol–water partition coefficient (Wildman–Crippen LogP) is 4.33. The number of aryl methyl sites for hydroxylation is 2. The van der Waals surface area contributed by atoms with Gasteiger partial charge in [0.25, 0.3) is 0 Å². The van der Waals surface area contributed by atoms with Crippen molar-refractivity contribution in [2.45, 2.75) is 30.1 Å². The summed E-state index contributed by atoms with van der Waals surface area (Å²) in [5, 5.41) is 0. The third-order valence-electron chi connectivity index (χ3n) is 3.36. The molecular weight excluding hydrogens is 224 g/mol. The van der Waals surface area contributed by atoms with Gasteiger partial charge in [-0.3, -0.25) is 0 Å². The molecule has 0 atom stereocenters. The van der Waals surface area contributed by atoms with Crippen LogP contribution in [0.2, 0.25) is 0 Å². The Kier molecular flexibility index (Phi) is 2.44. The van der Waals surface area contributed by atoms with Gasteiger partial charge >= 0.3 is 0 Å². The highest BCUT2D eigenvalue weighted by molar-refractivity contribution is 8.14. The molecule has 2 aromatic carbocycles. The van der Waals surface area contributed by atoms with E-state index in [0.717, 1.165) is 6.42 Å². The molecule has 0 aliphatic carbocycles. The van der Waals surface area contributed by atoms with Gasteiger partial charge in [-0.25, -0.2) is 0 Å². The number of fused-ring (bicyclic) bond motifs is 2. The first-order valence-corrected chi connectivity index (χ1v) is 7.27. The van der Waals surface area contributed by atoms with Crippen LogP contribution in [0.25, 0.3) is 0 Å². The lowest BCUT2D eigenvalue weighted by molar-refractivity contribution is 1.04. The van der Waals surface area contributed by atoms with Gasteiger partial charge in [-0.2, -0.15) is 0 Å². The molecule has 0 fully saturated rings. The third-order valence-corrected chi connectivity index (χ3v) is 5.18. The molecule has 1 heteroatoms. The van der Waals surface area contributed by atoms with E-state index in [1.807, 2.05) is 0 Å². The van der Waals surface area contributed by atoms with Crippen LogP contribution in [-0.2, 0) is 6.42 Å². The number of hydrogen-bond acceptors (Lipinski definition) is 0. The molecule has 0 unspecified atom stereocenters. The summed E-state index contributed by atoms with van der Waals surface area (Å²) in [6.07, 6.45) is 1.06. The van der Waals surface area contributed by atoms with E-state index in [-0.39, 0.29) is 10.5 Å². The van der Waals surface area contributed by atoms with Crippen LogP contribution in [0.3, 0.4) is 0 Å². The summed E-state index contributed by atoms with van der Waals surface area (Å²) in [6.45, 7) is 4.31. The molecule has 2 aromatic rings. The SMILES string of the molecule is C=S1c2cc(C)ccc2Cc2ccc(C)cc21. The van der Waals surface area contributed by atoms with Crippen molar-refractivity contribution in [2.75, 3.05) is 0 Å². The summed E-state index contributed by atoms with van der Waals surface area (Å²) < 4.78 is 0. The van der Waals surface area contributed by atoms with E-state index in [1.54, 1.807) is 0 Å². The molecule has 0 N–H and O–H groups in total. The monoisotopic (exact) mass is 240 g/mol. The molecule has 0 saturated heterocycles. The van der Waals surface area contributed by atoms with E-state index in [1.165, 1.54) is 32.0 Å². The summed E-state index contributed by atoms with van der Waals surface area (Å²) in [7, 11) is -0.0106. The first-order chi connectivity index (χ1) is 8.15. The lowest BCUT2D eigenvalue weighted by Gasteiger charge is -2.23. The maximum Gasteiger partial charge on any atom is 0.00945 e. The van der Waals surface area contributed by atoms with Crippen LogP contribution in [0.5, 0.6) is 0 Å². The van der Waals surface area contributed by atoms with Crippen LogP contribution in [0.1, 0.15) is 22.3 Å². The van der Waals surface area contributed by atoms with Crippen LogP contribution in [0, 0.1) is 13.8 Å². The second-order valence-electron chi connectivity index (χ2n) is 4.79. The average molecular weight is 240 g/mol. The highest BCUT2D eigenvalue weighted by Crippen LogP contribution is 2.44. The van der Waals surface area contributed by atoms with Crippen LogP contribution >= 0.6 is 10.5 Å². The van der Waals surface area contributed by atoms with E-state index in [4.69, 9.17) is 0 Å². The Morgan fingerprint density at radius 2 is 1.35 bits per heavy atom. The first-order valence-electron chi connectivity index (χ1n) is 5.88. The minimum atomic E-state index is -0.0106. The van der Waals surface area contributed by atoms with Gasteiger partial charge in [0.2, 0.25) is 0 Å². The third kappa shape index (κ3) is 1.75. The minimum absolute atomic E-state index is 0.0106. The molecule has 0 saturated carbocycles. The molecule has 0 radical (unpaired) electrons. The summed E-state index contributed by atoms with van der Waals surface area (Å²) in [5.74, 6) is 4.39. The van der Waals surface area contributed by atoms with Gasteiger partial charge in [-0.15, -0.1) is 10.5 Å². The zero-order valence-corrected chi connectivity index (χ0v) is 11.1. The van der Waals surface area contributed by atoms with Gasteiger partial charge in [-0.05, 0) is 43.5 Å². The largest absolute Gasteiger partial charge is 0.130 e. The quantitative estimate of drug-likeness (QED) is 0.513. The molecule has 0 nitrogen and oxygen atoms in total. The van der Waals surface area contributed by atoms with Gasteiger partial charge in [0.05, 0.1) is 0 Å². The minimum Gasteiger partial charge on any atom is -0.130 e. The molecule has 1 aliphatic heterocycles. The molecule has 86 valence electrons. The Labute approximate surface area is 105 Å². The Bertz CT molecular complexity index is 570. The molecule has 1 aliphatic rings. The van der Waals surface area contributed by atoms with Crippen molar-refractivity contribution in [1.82, 2.24) is 0 Å². The maximum atomic E-state index is 4.39. The molecule has 1 heterocycles. The van der Waals surface area contributed by atoms with E-state index in [9.17, 15) is 0 Å². The van der Waals surface area contributed by atoms with E-state index in [0.29, 0.717) is 0 Å².